The van der Waals surface area contributed by atoms with Crippen LogP contribution >= 0.6 is 0 Å². The summed E-state index contributed by atoms with van der Waals surface area (Å²) in [7, 11) is 0. The summed E-state index contributed by atoms with van der Waals surface area (Å²) in [5.41, 5.74) is 0.483. The number of hydrogen-bond donors (Lipinski definition) is 1. The van der Waals surface area contributed by atoms with Gasteiger partial charge in [-0.2, -0.15) is 5.10 Å². The fourth-order valence-corrected chi connectivity index (χ4v) is 3.23. The van der Waals surface area contributed by atoms with E-state index in [-0.39, 0.29) is 0 Å². The molecular weight excluding hydrogens is 286 g/mol. The first-order valence-electron chi connectivity index (χ1n) is 7.22. The highest BCUT2D eigenvalue weighted by Gasteiger charge is 2.57. The van der Waals surface area contributed by atoms with E-state index in [2.05, 4.69) is 10.4 Å². The molecule has 1 spiro atoms. The third-order valence-electron chi connectivity index (χ3n) is 4.60. The monoisotopic (exact) mass is 305 g/mol. The molecule has 1 unspecified atom stereocenters. The van der Waals surface area contributed by atoms with Gasteiger partial charge in [0.25, 0.3) is 12.3 Å². The molecule has 2 aliphatic rings. The maximum Gasteiger partial charge on any atom is 0.282 e. The minimum atomic E-state index is -2.96. The highest BCUT2D eigenvalue weighted by molar-refractivity contribution is 5.15. The second kappa shape index (κ2) is 4.97. The molecule has 1 aliphatic heterocycles. The zero-order valence-electron chi connectivity index (χ0n) is 11.9. The van der Waals surface area contributed by atoms with Crippen molar-refractivity contribution in [2.45, 2.75) is 45.1 Å². The molecule has 1 saturated heterocycles. The van der Waals surface area contributed by atoms with Crippen molar-refractivity contribution >= 4 is 0 Å². The molecule has 7 heteroatoms. The molecular formula is C14H19F4N3. The van der Waals surface area contributed by atoms with E-state index >= 15 is 0 Å². The van der Waals surface area contributed by atoms with Gasteiger partial charge < -0.3 is 5.32 Å². The van der Waals surface area contributed by atoms with Gasteiger partial charge in [0.1, 0.15) is 12.2 Å². The van der Waals surface area contributed by atoms with E-state index in [0.29, 0.717) is 23.4 Å². The molecule has 3 rings (SSSR count). The van der Waals surface area contributed by atoms with Crippen LogP contribution in [-0.2, 0) is 13.0 Å². The lowest BCUT2D eigenvalue weighted by Gasteiger charge is -2.28. The van der Waals surface area contributed by atoms with Crippen LogP contribution in [0.3, 0.4) is 0 Å². The van der Waals surface area contributed by atoms with Crippen LogP contribution in [0.1, 0.15) is 37.6 Å². The minimum absolute atomic E-state index is 0.408. The lowest BCUT2D eigenvalue weighted by Crippen LogP contribution is -2.45. The van der Waals surface area contributed by atoms with E-state index < -0.39 is 24.6 Å². The molecule has 1 saturated carbocycles. The molecule has 2 heterocycles. The van der Waals surface area contributed by atoms with Gasteiger partial charge in [0.05, 0.1) is 0 Å². The van der Waals surface area contributed by atoms with Gasteiger partial charge >= 0.3 is 0 Å². The van der Waals surface area contributed by atoms with E-state index in [0.717, 1.165) is 37.5 Å². The normalized spacial score (nSPS) is 23.6. The van der Waals surface area contributed by atoms with Crippen LogP contribution < -0.4 is 5.32 Å². The number of halogens is 4. The molecule has 118 valence electrons. The second-order valence-electron chi connectivity index (χ2n) is 6.49. The van der Waals surface area contributed by atoms with Gasteiger partial charge in [-0.3, -0.25) is 4.68 Å². The molecule has 0 amide bonds. The van der Waals surface area contributed by atoms with Crippen molar-refractivity contribution in [2.75, 3.05) is 13.1 Å². The van der Waals surface area contributed by atoms with Crippen molar-refractivity contribution in [3.63, 3.8) is 0 Å². The van der Waals surface area contributed by atoms with Gasteiger partial charge in [-0.25, -0.2) is 17.6 Å². The van der Waals surface area contributed by atoms with Gasteiger partial charge in [-0.1, -0.05) is 0 Å². The Balaban J connectivity index is 1.67. The fraction of sp³-hybridized carbons (Fsp3) is 0.786. The van der Waals surface area contributed by atoms with Crippen LogP contribution in [0.4, 0.5) is 17.6 Å². The van der Waals surface area contributed by atoms with Crippen LogP contribution in [0.25, 0.3) is 0 Å². The summed E-state index contributed by atoms with van der Waals surface area (Å²) in [5, 5.41) is 6.88. The topological polar surface area (TPSA) is 29.9 Å². The van der Waals surface area contributed by atoms with Crippen molar-refractivity contribution in [3.05, 3.63) is 17.5 Å². The fourth-order valence-electron chi connectivity index (χ4n) is 3.23. The van der Waals surface area contributed by atoms with Gasteiger partial charge in [-0.15, -0.1) is 0 Å². The quantitative estimate of drug-likeness (QED) is 0.819. The predicted molar refractivity (Wildman–Crippen MR) is 69.5 cm³/mol. The zero-order valence-corrected chi connectivity index (χ0v) is 11.9. The Bertz CT molecular complexity index is 517. The van der Waals surface area contributed by atoms with Crippen LogP contribution in [-0.4, -0.2) is 28.8 Å². The predicted octanol–water partition coefficient (Wildman–Crippen LogP) is 3.02. The zero-order chi connectivity index (χ0) is 15.3. The molecule has 0 aromatic carbocycles. The summed E-state index contributed by atoms with van der Waals surface area (Å²) in [4.78, 5) is 0. The smallest absolute Gasteiger partial charge is 0.282 e. The molecule has 1 aromatic rings. The molecule has 1 aromatic heterocycles. The summed E-state index contributed by atoms with van der Waals surface area (Å²) in [6, 6.07) is 1.27. The number of aryl methyl sites for hydroxylation is 1. The molecule has 0 bridgehead atoms. The number of rotatable bonds is 6. The number of nitrogens with one attached hydrogen (secondary N) is 1. The van der Waals surface area contributed by atoms with E-state index in [1.807, 2.05) is 0 Å². The lowest BCUT2D eigenvalue weighted by molar-refractivity contribution is -0.000757. The Labute approximate surface area is 120 Å². The minimum Gasteiger partial charge on any atom is -0.316 e. The Morgan fingerprint density at radius 1 is 1.48 bits per heavy atom. The summed E-state index contributed by atoms with van der Waals surface area (Å²) in [5.74, 6) is -2.38. The van der Waals surface area contributed by atoms with Gasteiger partial charge in [0, 0.05) is 25.7 Å². The first kappa shape index (κ1) is 14.8. The van der Waals surface area contributed by atoms with Crippen molar-refractivity contribution in [1.82, 2.24) is 15.1 Å². The Hall–Kier alpha value is -1.11. The lowest BCUT2D eigenvalue weighted by atomic mass is 9.94. The van der Waals surface area contributed by atoms with Gasteiger partial charge in [-0.05, 0) is 36.7 Å². The number of alkyl halides is 4. The summed E-state index contributed by atoms with van der Waals surface area (Å²) in [6.07, 6.45) is -0.188. The van der Waals surface area contributed by atoms with Crippen LogP contribution in [0.2, 0.25) is 0 Å². The van der Waals surface area contributed by atoms with Crippen LogP contribution in [0.15, 0.2) is 6.07 Å². The van der Waals surface area contributed by atoms with Crippen molar-refractivity contribution < 1.29 is 17.6 Å². The largest absolute Gasteiger partial charge is 0.316 e. The average molecular weight is 305 g/mol. The van der Waals surface area contributed by atoms with E-state index in [1.54, 1.807) is 0 Å². The van der Waals surface area contributed by atoms with E-state index in [4.69, 9.17) is 0 Å². The number of hydrogen-bond acceptors (Lipinski definition) is 2. The standard InChI is InChI=1S/C14H19F4N3/c1-13(17,18)8-21-10(4-11(20-21)12(15)16)3-2-9-5-14(9)6-19-7-14/h4,9,12,19H,2-3,5-8H2,1H3. The van der Waals surface area contributed by atoms with Crippen molar-refractivity contribution in [2.24, 2.45) is 11.3 Å². The number of nitrogens with zero attached hydrogens (tertiary/aromatic N) is 2. The second-order valence-corrected chi connectivity index (χ2v) is 6.49. The molecule has 0 radical (unpaired) electrons. The first-order valence-corrected chi connectivity index (χ1v) is 7.22. The van der Waals surface area contributed by atoms with Crippen molar-refractivity contribution in [1.29, 1.82) is 0 Å². The highest BCUT2D eigenvalue weighted by Crippen LogP contribution is 2.57. The van der Waals surface area contributed by atoms with Gasteiger partial charge in [0.15, 0.2) is 0 Å². The Kier molecular flexibility index (Phi) is 3.50. The number of aromatic nitrogens is 2. The molecule has 2 fully saturated rings. The third-order valence-corrected chi connectivity index (χ3v) is 4.60. The highest BCUT2D eigenvalue weighted by atomic mass is 19.3. The van der Waals surface area contributed by atoms with Crippen LogP contribution in [0, 0.1) is 11.3 Å². The Morgan fingerprint density at radius 2 is 2.19 bits per heavy atom. The average Bonchev–Trinajstić information content (AvgIpc) is 2.94. The third kappa shape index (κ3) is 3.07. The molecule has 21 heavy (non-hydrogen) atoms. The maximum atomic E-state index is 13.1. The molecule has 1 aliphatic carbocycles. The summed E-state index contributed by atoms with van der Waals surface area (Å²) in [6.45, 7) is 2.17. The molecule has 1 atom stereocenters. The SMILES string of the molecule is CC(F)(F)Cn1nc(C(F)F)cc1CCC1CC12CNC2. The van der Waals surface area contributed by atoms with Crippen molar-refractivity contribution in [3.8, 4) is 0 Å². The summed E-state index contributed by atoms with van der Waals surface area (Å²) >= 11 is 0. The Morgan fingerprint density at radius 3 is 2.67 bits per heavy atom. The molecule has 3 nitrogen and oxygen atoms in total. The summed E-state index contributed by atoms with van der Waals surface area (Å²) < 4.78 is 52.8. The van der Waals surface area contributed by atoms with E-state index in [9.17, 15) is 17.6 Å². The molecule has 1 N–H and O–H groups in total. The van der Waals surface area contributed by atoms with Gasteiger partial charge in [0.2, 0.25) is 0 Å². The van der Waals surface area contributed by atoms with Crippen LogP contribution in [0.5, 0.6) is 0 Å². The maximum absolute atomic E-state index is 13.1. The first-order chi connectivity index (χ1) is 9.79. The van der Waals surface area contributed by atoms with E-state index in [1.165, 1.54) is 6.07 Å².